The van der Waals surface area contributed by atoms with Crippen LogP contribution in [0.15, 0.2) is 49.6 Å². The molecule has 0 unspecified atom stereocenters. The number of hydrogen-bond donors (Lipinski definition) is 0. The second-order valence-corrected chi connectivity index (χ2v) is 3.47. The molecule has 0 N–H and O–H groups in total. The normalized spacial score (nSPS) is 10.2. The van der Waals surface area contributed by atoms with Crippen LogP contribution in [0.4, 0.5) is 0 Å². The molecule has 0 saturated heterocycles. The van der Waals surface area contributed by atoms with Gasteiger partial charge in [-0.15, -0.1) is 0 Å². The van der Waals surface area contributed by atoms with Gasteiger partial charge in [-0.2, -0.15) is 0 Å². The molecule has 6 heteroatoms. The molecule has 2 aromatic heterocycles. The van der Waals surface area contributed by atoms with E-state index < -0.39 is 0 Å². The van der Waals surface area contributed by atoms with Gasteiger partial charge in [-0.25, -0.2) is 29.9 Å². The molecule has 0 spiro atoms. The Morgan fingerprint density at radius 2 is 0.944 bits per heavy atom. The number of benzene rings is 1. The third-order valence-electron chi connectivity index (χ3n) is 2.40. The van der Waals surface area contributed by atoms with Gasteiger partial charge in [0.1, 0.15) is 25.3 Å². The molecule has 0 aliphatic carbocycles. The molecule has 3 rings (SSSR count). The van der Waals surface area contributed by atoms with Gasteiger partial charge in [0.25, 0.3) is 0 Å². The Bertz CT molecular complexity index is 582. The molecule has 0 atom stereocenters. The van der Waals surface area contributed by atoms with Gasteiger partial charge in [0, 0.05) is 11.1 Å². The van der Waals surface area contributed by atoms with Crippen LogP contribution in [-0.4, -0.2) is 29.9 Å². The fourth-order valence-electron chi connectivity index (χ4n) is 1.63. The minimum Gasteiger partial charge on any atom is -0.225 e. The van der Waals surface area contributed by atoms with Crippen LogP contribution in [0, 0.1) is 0 Å². The molecule has 0 radical (unpaired) electrons. The van der Waals surface area contributed by atoms with E-state index in [9.17, 15) is 0 Å². The van der Waals surface area contributed by atoms with Crippen molar-refractivity contribution in [2.75, 3.05) is 0 Å². The maximum absolute atomic E-state index is 4.14. The summed E-state index contributed by atoms with van der Waals surface area (Å²) >= 11 is 0. The Labute approximate surface area is 103 Å². The summed E-state index contributed by atoms with van der Waals surface area (Å²) in [4.78, 5) is 24.2. The number of hydrogen-bond acceptors (Lipinski definition) is 6. The van der Waals surface area contributed by atoms with Crippen molar-refractivity contribution in [1.29, 1.82) is 0 Å². The molecule has 0 fully saturated rings. The van der Waals surface area contributed by atoms with Gasteiger partial charge in [0.15, 0.2) is 11.6 Å². The Morgan fingerprint density at radius 3 is 1.33 bits per heavy atom. The van der Waals surface area contributed by atoms with Crippen molar-refractivity contribution in [3.63, 3.8) is 0 Å². The van der Waals surface area contributed by atoms with Crippen LogP contribution in [0.3, 0.4) is 0 Å². The highest BCUT2D eigenvalue weighted by atomic mass is 15.0. The second kappa shape index (κ2) is 4.62. The molecule has 0 aliphatic heterocycles. The van der Waals surface area contributed by atoms with Gasteiger partial charge in [-0.05, 0) is 0 Å². The van der Waals surface area contributed by atoms with Crippen molar-refractivity contribution in [2.24, 2.45) is 0 Å². The average molecular weight is 236 g/mol. The third-order valence-corrected chi connectivity index (χ3v) is 2.40. The molecule has 2 heterocycles. The van der Waals surface area contributed by atoms with Crippen molar-refractivity contribution in [2.45, 2.75) is 0 Å². The second-order valence-electron chi connectivity index (χ2n) is 3.47. The fraction of sp³-hybridized carbons (Fsp3) is 0. The fourth-order valence-corrected chi connectivity index (χ4v) is 1.63. The largest absolute Gasteiger partial charge is 0.225 e. The quantitative estimate of drug-likeness (QED) is 0.669. The highest BCUT2D eigenvalue weighted by Gasteiger charge is 2.10. The van der Waals surface area contributed by atoms with Gasteiger partial charge < -0.3 is 0 Å². The van der Waals surface area contributed by atoms with Crippen LogP contribution in [0.25, 0.3) is 22.8 Å². The number of rotatable bonds is 2. The van der Waals surface area contributed by atoms with Gasteiger partial charge in [0.2, 0.25) is 0 Å². The van der Waals surface area contributed by atoms with Gasteiger partial charge in [0.05, 0.1) is 0 Å². The molecule has 0 saturated carbocycles. The lowest BCUT2D eigenvalue weighted by atomic mass is 10.1. The minimum atomic E-state index is 0.598. The van der Waals surface area contributed by atoms with Crippen LogP contribution < -0.4 is 0 Å². The van der Waals surface area contributed by atoms with E-state index in [-0.39, 0.29) is 0 Å². The Hall–Kier alpha value is -2.76. The SMILES string of the molecule is c1ccc(-c2ncncn2)c(-c2ncncn2)c1. The van der Waals surface area contributed by atoms with Crippen LogP contribution >= 0.6 is 0 Å². The van der Waals surface area contributed by atoms with Crippen LogP contribution in [-0.2, 0) is 0 Å². The molecule has 3 aromatic rings. The molecular formula is C12H8N6. The van der Waals surface area contributed by atoms with Crippen LogP contribution in [0.1, 0.15) is 0 Å². The van der Waals surface area contributed by atoms with Crippen molar-refractivity contribution in [1.82, 2.24) is 29.9 Å². The first-order valence-corrected chi connectivity index (χ1v) is 5.29. The minimum absolute atomic E-state index is 0.598. The van der Waals surface area contributed by atoms with E-state index in [0.29, 0.717) is 11.6 Å². The Balaban J connectivity index is 2.18. The maximum atomic E-state index is 4.14. The maximum Gasteiger partial charge on any atom is 0.163 e. The van der Waals surface area contributed by atoms with E-state index in [1.54, 1.807) is 0 Å². The number of aromatic nitrogens is 6. The molecule has 1 aromatic carbocycles. The lowest BCUT2D eigenvalue weighted by Gasteiger charge is -2.05. The average Bonchev–Trinajstić information content (AvgIpc) is 2.49. The summed E-state index contributed by atoms with van der Waals surface area (Å²) in [6, 6.07) is 7.69. The summed E-state index contributed by atoms with van der Waals surface area (Å²) in [7, 11) is 0. The smallest absolute Gasteiger partial charge is 0.163 e. The van der Waals surface area contributed by atoms with Gasteiger partial charge in [-0.1, -0.05) is 24.3 Å². The van der Waals surface area contributed by atoms with E-state index in [0.717, 1.165) is 11.1 Å². The molecule has 0 amide bonds. The van der Waals surface area contributed by atoms with Crippen molar-refractivity contribution in [3.05, 3.63) is 49.6 Å². The Morgan fingerprint density at radius 1 is 0.556 bits per heavy atom. The first-order valence-electron chi connectivity index (χ1n) is 5.29. The molecule has 18 heavy (non-hydrogen) atoms. The van der Waals surface area contributed by atoms with E-state index in [1.807, 2.05) is 24.3 Å². The highest BCUT2D eigenvalue weighted by Crippen LogP contribution is 2.26. The molecule has 86 valence electrons. The van der Waals surface area contributed by atoms with E-state index >= 15 is 0 Å². The zero-order valence-electron chi connectivity index (χ0n) is 9.30. The van der Waals surface area contributed by atoms with Crippen molar-refractivity contribution >= 4 is 0 Å². The summed E-state index contributed by atoms with van der Waals surface area (Å²) in [6.45, 7) is 0. The van der Waals surface area contributed by atoms with Gasteiger partial charge in [-0.3, -0.25) is 0 Å². The summed E-state index contributed by atoms with van der Waals surface area (Å²) < 4.78 is 0. The summed E-state index contributed by atoms with van der Waals surface area (Å²) in [6.07, 6.45) is 5.86. The zero-order chi connectivity index (χ0) is 12.2. The molecular weight excluding hydrogens is 228 g/mol. The zero-order valence-corrected chi connectivity index (χ0v) is 9.30. The van der Waals surface area contributed by atoms with E-state index in [1.165, 1.54) is 25.3 Å². The van der Waals surface area contributed by atoms with Crippen molar-refractivity contribution < 1.29 is 0 Å². The Kier molecular flexibility index (Phi) is 2.67. The molecule has 0 bridgehead atoms. The lowest BCUT2D eigenvalue weighted by Crippen LogP contribution is -1.95. The standard InChI is InChI=1S/C12H8N6/c1-2-4-10(12-17-7-14-8-18-12)9(3-1)11-15-5-13-6-16-11/h1-8H. The predicted octanol–water partition coefficient (Wildman–Crippen LogP) is 1.39. The monoisotopic (exact) mass is 236 g/mol. The first-order chi connectivity index (χ1) is 8.95. The first kappa shape index (κ1) is 10.4. The predicted molar refractivity (Wildman–Crippen MR) is 64.1 cm³/mol. The van der Waals surface area contributed by atoms with E-state index in [4.69, 9.17) is 0 Å². The van der Waals surface area contributed by atoms with E-state index in [2.05, 4.69) is 29.9 Å². The lowest BCUT2D eigenvalue weighted by molar-refractivity contribution is 1.04. The third kappa shape index (κ3) is 1.91. The summed E-state index contributed by atoms with van der Waals surface area (Å²) in [5.41, 5.74) is 1.73. The molecule has 0 aliphatic rings. The molecule has 6 nitrogen and oxygen atoms in total. The number of nitrogens with zero attached hydrogens (tertiary/aromatic N) is 6. The van der Waals surface area contributed by atoms with Gasteiger partial charge >= 0.3 is 0 Å². The van der Waals surface area contributed by atoms with Crippen molar-refractivity contribution in [3.8, 4) is 22.8 Å². The van der Waals surface area contributed by atoms with Crippen LogP contribution in [0.2, 0.25) is 0 Å². The summed E-state index contributed by atoms with van der Waals surface area (Å²) in [5, 5.41) is 0. The summed E-state index contributed by atoms with van der Waals surface area (Å²) in [5.74, 6) is 1.20. The highest BCUT2D eigenvalue weighted by molar-refractivity contribution is 5.76. The van der Waals surface area contributed by atoms with Crippen LogP contribution in [0.5, 0.6) is 0 Å². The topological polar surface area (TPSA) is 77.3 Å².